The summed E-state index contributed by atoms with van der Waals surface area (Å²) in [6, 6.07) is 12.9. The molecular formula is C17H19NO5S. The van der Waals surface area contributed by atoms with Crippen molar-refractivity contribution in [2.24, 2.45) is 0 Å². The molecule has 0 aliphatic heterocycles. The molecule has 2 aromatic carbocycles. The number of esters is 1. The van der Waals surface area contributed by atoms with E-state index in [0.29, 0.717) is 11.4 Å². The van der Waals surface area contributed by atoms with E-state index in [2.05, 4.69) is 4.72 Å². The van der Waals surface area contributed by atoms with Crippen LogP contribution < -0.4 is 9.46 Å². The van der Waals surface area contributed by atoms with E-state index in [4.69, 9.17) is 9.47 Å². The number of benzene rings is 2. The Morgan fingerprint density at radius 1 is 1.08 bits per heavy atom. The summed E-state index contributed by atoms with van der Waals surface area (Å²) in [7, 11) is -3.69. The third-order valence-corrected chi connectivity index (χ3v) is 4.57. The molecule has 0 fully saturated rings. The molecule has 0 aliphatic carbocycles. The Balaban J connectivity index is 2.06. The number of carbonyl (C=O) groups excluding carboxylic acids is 1. The van der Waals surface area contributed by atoms with Crippen molar-refractivity contribution in [3.63, 3.8) is 0 Å². The third kappa shape index (κ3) is 4.73. The first-order chi connectivity index (χ1) is 11.4. The molecule has 128 valence electrons. The minimum atomic E-state index is -3.69. The molecule has 0 amide bonds. The summed E-state index contributed by atoms with van der Waals surface area (Å²) in [5.74, 6) is -0.0895. The van der Waals surface area contributed by atoms with Gasteiger partial charge in [-0.25, -0.2) is 13.2 Å². The van der Waals surface area contributed by atoms with Crippen LogP contribution in [-0.4, -0.2) is 27.6 Å². The van der Waals surface area contributed by atoms with Crippen LogP contribution in [0.25, 0.3) is 0 Å². The van der Waals surface area contributed by atoms with Crippen LogP contribution >= 0.6 is 0 Å². The topological polar surface area (TPSA) is 81.7 Å². The van der Waals surface area contributed by atoms with E-state index in [1.54, 1.807) is 19.1 Å². The maximum atomic E-state index is 12.4. The molecule has 0 saturated carbocycles. The molecular weight excluding hydrogens is 330 g/mol. The normalized spacial score (nSPS) is 10.9. The number of hydrogen-bond donors (Lipinski definition) is 1. The predicted molar refractivity (Wildman–Crippen MR) is 90.6 cm³/mol. The number of sulfonamides is 1. The van der Waals surface area contributed by atoms with Gasteiger partial charge in [0.25, 0.3) is 10.0 Å². The van der Waals surface area contributed by atoms with Gasteiger partial charge in [-0.1, -0.05) is 18.2 Å². The van der Waals surface area contributed by atoms with E-state index in [1.807, 2.05) is 19.1 Å². The Hall–Kier alpha value is -2.54. The molecule has 0 saturated heterocycles. The number of aryl methyl sites for hydroxylation is 1. The van der Waals surface area contributed by atoms with Gasteiger partial charge in [0.1, 0.15) is 5.75 Å². The average Bonchev–Trinajstić information content (AvgIpc) is 2.56. The van der Waals surface area contributed by atoms with Crippen molar-refractivity contribution >= 4 is 21.7 Å². The first kappa shape index (κ1) is 17.8. The number of ether oxygens (including phenoxy) is 2. The second-order valence-electron chi connectivity index (χ2n) is 4.99. The van der Waals surface area contributed by atoms with E-state index < -0.39 is 16.0 Å². The van der Waals surface area contributed by atoms with Crippen LogP contribution in [0.5, 0.6) is 5.75 Å². The van der Waals surface area contributed by atoms with Gasteiger partial charge in [-0.05, 0) is 49.7 Å². The highest BCUT2D eigenvalue weighted by atomic mass is 32.2. The molecule has 0 aromatic heterocycles. The van der Waals surface area contributed by atoms with E-state index in [-0.39, 0.29) is 18.1 Å². The monoisotopic (exact) mass is 349 g/mol. The molecule has 0 atom stereocenters. The lowest BCUT2D eigenvalue weighted by molar-refractivity contribution is -0.145. The lowest BCUT2D eigenvalue weighted by Gasteiger charge is -2.11. The SMILES string of the molecule is CCOC(=O)COc1ccc(S(=O)(=O)Nc2ccccc2C)cc1. The minimum absolute atomic E-state index is 0.106. The zero-order chi connectivity index (χ0) is 17.6. The van der Waals surface area contributed by atoms with Crippen LogP contribution in [-0.2, 0) is 19.6 Å². The average molecular weight is 349 g/mol. The summed E-state index contributed by atoms with van der Waals surface area (Å²) >= 11 is 0. The molecule has 2 aromatic rings. The van der Waals surface area contributed by atoms with Gasteiger partial charge in [-0.3, -0.25) is 4.72 Å². The molecule has 0 radical (unpaired) electrons. The smallest absolute Gasteiger partial charge is 0.344 e. The molecule has 1 N–H and O–H groups in total. The molecule has 0 aliphatic rings. The summed E-state index contributed by atoms with van der Waals surface area (Å²) in [5.41, 5.74) is 1.36. The number of anilines is 1. The van der Waals surface area contributed by atoms with E-state index in [0.717, 1.165) is 5.56 Å². The molecule has 6 nitrogen and oxygen atoms in total. The highest BCUT2D eigenvalue weighted by Gasteiger charge is 2.15. The van der Waals surface area contributed by atoms with E-state index in [1.165, 1.54) is 24.3 Å². The van der Waals surface area contributed by atoms with Crippen LogP contribution in [0.2, 0.25) is 0 Å². The Bertz CT molecular complexity index is 800. The fourth-order valence-corrected chi connectivity index (χ4v) is 3.08. The number of hydrogen-bond acceptors (Lipinski definition) is 5. The zero-order valence-electron chi connectivity index (χ0n) is 13.5. The van der Waals surface area contributed by atoms with Crippen LogP contribution in [0.15, 0.2) is 53.4 Å². The van der Waals surface area contributed by atoms with Gasteiger partial charge in [-0.2, -0.15) is 0 Å². The molecule has 2 rings (SSSR count). The number of carbonyl (C=O) groups is 1. The molecule has 0 heterocycles. The van der Waals surface area contributed by atoms with Gasteiger partial charge in [0, 0.05) is 0 Å². The fraction of sp³-hybridized carbons (Fsp3) is 0.235. The second kappa shape index (κ2) is 7.83. The highest BCUT2D eigenvalue weighted by molar-refractivity contribution is 7.92. The van der Waals surface area contributed by atoms with Crippen molar-refractivity contribution in [1.82, 2.24) is 0 Å². The minimum Gasteiger partial charge on any atom is -0.482 e. The van der Waals surface area contributed by atoms with Crippen LogP contribution in [0, 0.1) is 6.92 Å². The molecule has 0 bridgehead atoms. The molecule has 24 heavy (non-hydrogen) atoms. The Morgan fingerprint density at radius 2 is 1.75 bits per heavy atom. The summed E-state index contributed by atoms with van der Waals surface area (Å²) in [6.07, 6.45) is 0. The van der Waals surface area contributed by atoms with Gasteiger partial charge >= 0.3 is 5.97 Å². The quantitative estimate of drug-likeness (QED) is 0.777. The Labute approximate surface area is 141 Å². The lowest BCUT2D eigenvalue weighted by Crippen LogP contribution is -2.15. The molecule has 7 heteroatoms. The first-order valence-corrected chi connectivity index (χ1v) is 8.87. The predicted octanol–water partition coefficient (Wildman–Crippen LogP) is 2.74. The van der Waals surface area contributed by atoms with Crippen molar-refractivity contribution in [3.8, 4) is 5.75 Å². The highest BCUT2D eigenvalue weighted by Crippen LogP contribution is 2.21. The Morgan fingerprint density at radius 3 is 2.38 bits per heavy atom. The largest absolute Gasteiger partial charge is 0.482 e. The van der Waals surface area contributed by atoms with Gasteiger partial charge in [-0.15, -0.1) is 0 Å². The summed E-state index contributed by atoms with van der Waals surface area (Å²) in [5, 5.41) is 0. The van der Waals surface area contributed by atoms with Crippen molar-refractivity contribution in [1.29, 1.82) is 0 Å². The standard InChI is InChI=1S/C17H19NO5S/c1-3-22-17(19)12-23-14-8-10-15(11-9-14)24(20,21)18-16-7-5-4-6-13(16)2/h4-11,18H,3,12H2,1-2H3. The van der Waals surface area contributed by atoms with Gasteiger partial charge in [0.05, 0.1) is 17.2 Å². The Kier molecular flexibility index (Phi) is 5.81. The summed E-state index contributed by atoms with van der Waals surface area (Å²) in [6.45, 7) is 3.59. The van der Waals surface area contributed by atoms with Crippen molar-refractivity contribution < 1.29 is 22.7 Å². The van der Waals surface area contributed by atoms with E-state index >= 15 is 0 Å². The van der Waals surface area contributed by atoms with Crippen molar-refractivity contribution in [2.45, 2.75) is 18.7 Å². The van der Waals surface area contributed by atoms with Gasteiger partial charge in [0.15, 0.2) is 6.61 Å². The molecule has 0 spiro atoms. The fourth-order valence-electron chi connectivity index (χ4n) is 1.95. The lowest BCUT2D eigenvalue weighted by atomic mass is 10.2. The van der Waals surface area contributed by atoms with Crippen LogP contribution in [0.3, 0.4) is 0 Å². The third-order valence-electron chi connectivity index (χ3n) is 3.19. The zero-order valence-corrected chi connectivity index (χ0v) is 14.3. The summed E-state index contributed by atoms with van der Waals surface area (Å²) < 4.78 is 37.3. The van der Waals surface area contributed by atoms with Gasteiger partial charge in [0.2, 0.25) is 0 Å². The van der Waals surface area contributed by atoms with Crippen molar-refractivity contribution in [2.75, 3.05) is 17.9 Å². The van der Waals surface area contributed by atoms with Crippen LogP contribution in [0.1, 0.15) is 12.5 Å². The second-order valence-corrected chi connectivity index (χ2v) is 6.67. The number of rotatable bonds is 7. The van der Waals surface area contributed by atoms with Crippen LogP contribution in [0.4, 0.5) is 5.69 Å². The van der Waals surface area contributed by atoms with Crippen molar-refractivity contribution in [3.05, 3.63) is 54.1 Å². The maximum Gasteiger partial charge on any atom is 0.344 e. The summed E-state index contributed by atoms with van der Waals surface area (Å²) in [4.78, 5) is 11.3. The van der Waals surface area contributed by atoms with E-state index in [9.17, 15) is 13.2 Å². The number of para-hydroxylation sites is 1. The number of nitrogens with one attached hydrogen (secondary N) is 1. The molecule has 0 unspecified atom stereocenters. The maximum absolute atomic E-state index is 12.4. The van der Waals surface area contributed by atoms with Gasteiger partial charge < -0.3 is 9.47 Å². The first-order valence-electron chi connectivity index (χ1n) is 7.39.